The van der Waals surface area contributed by atoms with Gasteiger partial charge in [-0.05, 0) is 0 Å². The molecule has 0 aromatic carbocycles. The molecule has 94 valence electrons. The van der Waals surface area contributed by atoms with Gasteiger partial charge in [-0.2, -0.15) is 5.10 Å². The number of nitrogens with zero attached hydrogens (tertiary/aromatic N) is 3. The standard InChI is InChI=1S/C12H20N4O/c1-12(2,3)11-9(7-16(4)14-11)10-5-8(6-13)17-15-10/h7-8H,5-6,13H2,1-4H3. The predicted octanol–water partition coefficient (Wildman–Crippen LogP) is 1.17. The zero-order valence-corrected chi connectivity index (χ0v) is 10.9. The van der Waals surface area contributed by atoms with E-state index in [-0.39, 0.29) is 11.5 Å². The summed E-state index contributed by atoms with van der Waals surface area (Å²) < 4.78 is 1.83. The van der Waals surface area contributed by atoms with Gasteiger partial charge in [-0.25, -0.2) is 0 Å². The third kappa shape index (κ3) is 2.34. The van der Waals surface area contributed by atoms with E-state index in [0.29, 0.717) is 6.54 Å². The van der Waals surface area contributed by atoms with E-state index in [4.69, 9.17) is 10.6 Å². The quantitative estimate of drug-likeness (QED) is 0.838. The maximum Gasteiger partial charge on any atom is 0.145 e. The zero-order chi connectivity index (χ0) is 12.6. The molecule has 17 heavy (non-hydrogen) atoms. The molecular formula is C12H20N4O. The average Bonchev–Trinajstić information content (AvgIpc) is 2.81. The van der Waals surface area contributed by atoms with Crippen molar-refractivity contribution in [1.82, 2.24) is 9.78 Å². The van der Waals surface area contributed by atoms with Crippen LogP contribution in [0.2, 0.25) is 0 Å². The van der Waals surface area contributed by atoms with Gasteiger partial charge in [-0.1, -0.05) is 25.9 Å². The molecule has 5 nitrogen and oxygen atoms in total. The third-order valence-electron chi connectivity index (χ3n) is 2.85. The number of oxime groups is 1. The molecule has 0 fully saturated rings. The molecular weight excluding hydrogens is 216 g/mol. The Morgan fingerprint density at radius 3 is 2.76 bits per heavy atom. The van der Waals surface area contributed by atoms with Gasteiger partial charge in [0.15, 0.2) is 0 Å². The van der Waals surface area contributed by atoms with Crippen LogP contribution >= 0.6 is 0 Å². The molecule has 1 aromatic rings. The van der Waals surface area contributed by atoms with Gasteiger partial charge in [-0.15, -0.1) is 0 Å². The van der Waals surface area contributed by atoms with Gasteiger partial charge in [0.2, 0.25) is 0 Å². The normalized spacial score (nSPS) is 20.3. The highest BCUT2D eigenvalue weighted by atomic mass is 16.6. The van der Waals surface area contributed by atoms with Crippen molar-refractivity contribution in [1.29, 1.82) is 0 Å². The molecule has 0 spiro atoms. The molecule has 1 aliphatic heterocycles. The van der Waals surface area contributed by atoms with Crippen LogP contribution < -0.4 is 5.73 Å². The van der Waals surface area contributed by atoms with Crippen molar-refractivity contribution in [2.45, 2.75) is 38.7 Å². The highest BCUT2D eigenvalue weighted by Gasteiger charge is 2.29. The van der Waals surface area contributed by atoms with Crippen molar-refractivity contribution in [2.24, 2.45) is 17.9 Å². The van der Waals surface area contributed by atoms with Crippen molar-refractivity contribution in [3.8, 4) is 0 Å². The molecule has 1 atom stereocenters. The van der Waals surface area contributed by atoms with E-state index in [0.717, 1.165) is 23.4 Å². The Balaban J connectivity index is 2.34. The van der Waals surface area contributed by atoms with E-state index in [2.05, 4.69) is 31.0 Å². The van der Waals surface area contributed by atoms with Gasteiger partial charge in [0.25, 0.3) is 0 Å². The molecule has 1 aliphatic rings. The summed E-state index contributed by atoms with van der Waals surface area (Å²) in [4.78, 5) is 5.27. The van der Waals surface area contributed by atoms with Gasteiger partial charge in [0, 0.05) is 37.2 Å². The van der Waals surface area contributed by atoms with Gasteiger partial charge in [0.1, 0.15) is 6.10 Å². The summed E-state index contributed by atoms with van der Waals surface area (Å²) in [7, 11) is 1.93. The van der Waals surface area contributed by atoms with Crippen molar-refractivity contribution in [2.75, 3.05) is 6.54 Å². The second kappa shape index (κ2) is 4.14. The van der Waals surface area contributed by atoms with Gasteiger partial charge in [0.05, 0.1) is 11.4 Å². The fourth-order valence-electron chi connectivity index (χ4n) is 1.97. The van der Waals surface area contributed by atoms with Crippen molar-refractivity contribution >= 4 is 5.71 Å². The number of rotatable bonds is 2. The second-order valence-corrected chi connectivity index (χ2v) is 5.52. The van der Waals surface area contributed by atoms with E-state index in [9.17, 15) is 0 Å². The van der Waals surface area contributed by atoms with E-state index in [1.807, 2.05) is 17.9 Å². The Morgan fingerprint density at radius 2 is 2.24 bits per heavy atom. The summed E-state index contributed by atoms with van der Waals surface area (Å²) in [5, 5.41) is 8.66. The Labute approximate surface area is 102 Å². The molecule has 2 rings (SSSR count). The SMILES string of the molecule is Cn1cc(C2=NOC(CN)C2)c(C(C)(C)C)n1. The van der Waals surface area contributed by atoms with Crippen LogP contribution in [0, 0.1) is 0 Å². The molecule has 0 saturated carbocycles. The largest absolute Gasteiger partial charge is 0.390 e. The predicted molar refractivity (Wildman–Crippen MR) is 67.0 cm³/mol. The lowest BCUT2D eigenvalue weighted by atomic mass is 9.87. The van der Waals surface area contributed by atoms with Crippen LogP contribution in [0.5, 0.6) is 0 Å². The van der Waals surface area contributed by atoms with Crippen molar-refractivity contribution in [3.05, 3.63) is 17.5 Å². The maximum absolute atomic E-state index is 5.58. The van der Waals surface area contributed by atoms with Gasteiger partial charge < -0.3 is 10.6 Å². The molecule has 0 aliphatic carbocycles. The van der Waals surface area contributed by atoms with Gasteiger partial charge >= 0.3 is 0 Å². The first-order valence-corrected chi connectivity index (χ1v) is 5.89. The Hall–Kier alpha value is -1.36. The van der Waals surface area contributed by atoms with Crippen LogP contribution in [0.3, 0.4) is 0 Å². The minimum absolute atomic E-state index is 0.0000847. The molecule has 5 heteroatoms. The fraction of sp³-hybridized carbons (Fsp3) is 0.667. The number of hydrogen-bond acceptors (Lipinski definition) is 4. The van der Waals surface area contributed by atoms with Crippen LogP contribution in [0.1, 0.15) is 38.4 Å². The van der Waals surface area contributed by atoms with Crippen molar-refractivity contribution < 1.29 is 4.84 Å². The summed E-state index contributed by atoms with van der Waals surface area (Å²) in [6.45, 7) is 6.94. The monoisotopic (exact) mass is 236 g/mol. The van der Waals surface area contributed by atoms with Crippen LogP contribution in [-0.4, -0.2) is 28.1 Å². The number of aryl methyl sites for hydroxylation is 1. The van der Waals surface area contributed by atoms with Crippen molar-refractivity contribution in [3.63, 3.8) is 0 Å². The van der Waals surface area contributed by atoms with Crippen LogP contribution in [0.25, 0.3) is 0 Å². The first-order chi connectivity index (χ1) is 7.91. The molecule has 1 aromatic heterocycles. The lowest BCUT2D eigenvalue weighted by molar-refractivity contribution is 0.0918. The third-order valence-corrected chi connectivity index (χ3v) is 2.85. The molecule has 0 saturated heterocycles. The topological polar surface area (TPSA) is 65.4 Å². The first-order valence-electron chi connectivity index (χ1n) is 5.89. The fourth-order valence-corrected chi connectivity index (χ4v) is 1.97. The lowest BCUT2D eigenvalue weighted by Gasteiger charge is -2.17. The van der Waals surface area contributed by atoms with E-state index >= 15 is 0 Å². The van der Waals surface area contributed by atoms with Crippen LogP contribution in [0.4, 0.5) is 0 Å². The maximum atomic E-state index is 5.58. The second-order valence-electron chi connectivity index (χ2n) is 5.52. The lowest BCUT2D eigenvalue weighted by Crippen LogP contribution is -2.21. The molecule has 1 unspecified atom stereocenters. The summed E-state index contributed by atoms with van der Waals surface area (Å²) in [6, 6.07) is 0. The Bertz CT molecular complexity index is 442. The highest BCUT2D eigenvalue weighted by Crippen LogP contribution is 2.27. The van der Waals surface area contributed by atoms with Crippen LogP contribution in [-0.2, 0) is 17.3 Å². The summed E-state index contributed by atoms with van der Waals surface area (Å²) in [6.07, 6.45) is 2.78. The minimum atomic E-state index is -0.0000847. The van der Waals surface area contributed by atoms with E-state index < -0.39 is 0 Å². The Morgan fingerprint density at radius 1 is 1.53 bits per heavy atom. The molecule has 0 bridgehead atoms. The summed E-state index contributed by atoms with van der Waals surface area (Å²) >= 11 is 0. The molecule has 2 heterocycles. The first kappa shape index (κ1) is 12.1. The molecule has 2 N–H and O–H groups in total. The minimum Gasteiger partial charge on any atom is -0.390 e. The van der Waals surface area contributed by atoms with Crippen LogP contribution in [0.15, 0.2) is 11.4 Å². The summed E-state index contributed by atoms with van der Waals surface area (Å²) in [5.74, 6) is 0. The number of nitrogens with two attached hydrogens (primary N) is 1. The average molecular weight is 236 g/mol. The summed E-state index contributed by atoms with van der Waals surface area (Å²) in [5.41, 5.74) is 8.68. The smallest absolute Gasteiger partial charge is 0.145 e. The highest BCUT2D eigenvalue weighted by molar-refractivity contribution is 6.02. The Kier molecular flexibility index (Phi) is 2.95. The van der Waals surface area contributed by atoms with E-state index in [1.54, 1.807) is 0 Å². The zero-order valence-electron chi connectivity index (χ0n) is 10.9. The number of aromatic nitrogens is 2. The molecule has 0 radical (unpaired) electrons. The molecule has 0 amide bonds. The van der Waals surface area contributed by atoms with Gasteiger partial charge in [-0.3, -0.25) is 4.68 Å². The van der Waals surface area contributed by atoms with E-state index in [1.165, 1.54) is 0 Å². The number of hydrogen-bond donors (Lipinski definition) is 1.